The van der Waals surface area contributed by atoms with E-state index in [0.29, 0.717) is 5.92 Å². The Kier molecular flexibility index (Phi) is 2.62. The molecule has 0 aliphatic carbocycles. The summed E-state index contributed by atoms with van der Waals surface area (Å²) in [5.74, 6) is 1.41. The first-order chi connectivity index (χ1) is 7.54. The summed E-state index contributed by atoms with van der Waals surface area (Å²) in [7, 11) is 1.72. The van der Waals surface area contributed by atoms with Crippen LogP contribution in [-0.2, 0) is 0 Å². The summed E-state index contributed by atoms with van der Waals surface area (Å²) in [4.78, 5) is 4.50. The van der Waals surface area contributed by atoms with Crippen LogP contribution in [0, 0.1) is 13.8 Å². The maximum absolute atomic E-state index is 5.50. The number of nitrogens with zero attached hydrogens (tertiary/aromatic N) is 2. The maximum atomic E-state index is 5.50. The first-order valence-corrected chi connectivity index (χ1v) is 5.57. The summed E-state index contributed by atoms with van der Waals surface area (Å²) in [6.45, 7) is 8.42. The van der Waals surface area contributed by atoms with Gasteiger partial charge in [-0.2, -0.15) is 0 Å². The van der Waals surface area contributed by atoms with Gasteiger partial charge in [0.15, 0.2) is 0 Å². The van der Waals surface area contributed by atoms with Crippen molar-refractivity contribution in [3.05, 3.63) is 29.2 Å². The number of imidazole rings is 1. The molecule has 2 rings (SSSR count). The van der Waals surface area contributed by atoms with Gasteiger partial charge in [-0.1, -0.05) is 13.8 Å². The van der Waals surface area contributed by atoms with Crippen molar-refractivity contribution < 1.29 is 4.74 Å². The largest absolute Gasteiger partial charge is 0.496 e. The maximum Gasteiger partial charge on any atom is 0.143 e. The van der Waals surface area contributed by atoms with Crippen molar-refractivity contribution in [2.75, 3.05) is 7.11 Å². The number of rotatable bonds is 2. The second-order valence-electron chi connectivity index (χ2n) is 4.51. The van der Waals surface area contributed by atoms with Gasteiger partial charge in [0.2, 0.25) is 0 Å². The third-order valence-electron chi connectivity index (χ3n) is 2.90. The zero-order valence-electron chi connectivity index (χ0n) is 10.5. The average Bonchev–Trinajstić information content (AvgIpc) is 2.58. The molecule has 2 aromatic rings. The number of pyridine rings is 1. The van der Waals surface area contributed by atoms with Gasteiger partial charge in [-0.25, -0.2) is 4.98 Å². The lowest BCUT2D eigenvalue weighted by Gasteiger charge is -2.15. The summed E-state index contributed by atoms with van der Waals surface area (Å²) in [5, 5.41) is 0. The van der Waals surface area contributed by atoms with Crippen LogP contribution in [0.15, 0.2) is 12.4 Å². The highest BCUT2D eigenvalue weighted by Crippen LogP contribution is 2.31. The van der Waals surface area contributed by atoms with E-state index in [2.05, 4.69) is 36.4 Å². The summed E-state index contributed by atoms with van der Waals surface area (Å²) in [6.07, 6.45) is 4.17. The number of aromatic nitrogens is 2. The van der Waals surface area contributed by atoms with E-state index in [-0.39, 0.29) is 0 Å². The van der Waals surface area contributed by atoms with Crippen LogP contribution in [0.2, 0.25) is 0 Å². The second-order valence-corrected chi connectivity index (χ2v) is 4.51. The van der Waals surface area contributed by atoms with Gasteiger partial charge in [0, 0.05) is 23.5 Å². The molecule has 2 aromatic heterocycles. The van der Waals surface area contributed by atoms with Gasteiger partial charge in [0.25, 0.3) is 0 Å². The lowest BCUT2D eigenvalue weighted by molar-refractivity contribution is 0.404. The summed E-state index contributed by atoms with van der Waals surface area (Å²) >= 11 is 0. The molecule has 0 aromatic carbocycles. The highest BCUT2D eigenvalue weighted by molar-refractivity contribution is 5.58. The van der Waals surface area contributed by atoms with Crippen LogP contribution in [0.1, 0.15) is 36.6 Å². The molecule has 0 fully saturated rings. The van der Waals surface area contributed by atoms with Crippen molar-refractivity contribution in [3.8, 4) is 5.75 Å². The van der Waals surface area contributed by atoms with Crippen LogP contribution in [0.25, 0.3) is 5.65 Å². The fourth-order valence-electron chi connectivity index (χ4n) is 2.10. The number of ether oxygens (including phenoxy) is 1. The lowest BCUT2D eigenvalue weighted by atomic mass is 10.0. The number of methoxy groups -OCH3 is 1. The smallest absolute Gasteiger partial charge is 0.143 e. The van der Waals surface area contributed by atoms with Gasteiger partial charge in [-0.3, -0.25) is 0 Å². The molecule has 16 heavy (non-hydrogen) atoms. The zero-order chi connectivity index (χ0) is 11.9. The van der Waals surface area contributed by atoms with Crippen molar-refractivity contribution in [2.24, 2.45) is 0 Å². The minimum absolute atomic E-state index is 0.445. The van der Waals surface area contributed by atoms with E-state index in [0.717, 1.165) is 22.7 Å². The molecule has 86 valence electrons. The molecular weight excluding hydrogens is 200 g/mol. The third kappa shape index (κ3) is 1.56. The van der Waals surface area contributed by atoms with Gasteiger partial charge in [-0.05, 0) is 19.8 Å². The van der Waals surface area contributed by atoms with E-state index in [1.54, 1.807) is 7.11 Å². The highest BCUT2D eigenvalue weighted by Gasteiger charge is 2.14. The fraction of sp³-hybridized carbons (Fsp3) is 0.462. The van der Waals surface area contributed by atoms with Gasteiger partial charge < -0.3 is 9.14 Å². The fourth-order valence-corrected chi connectivity index (χ4v) is 2.10. The van der Waals surface area contributed by atoms with Gasteiger partial charge in [0.05, 0.1) is 12.8 Å². The molecule has 2 heterocycles. The molecule has 0 saturated carbocycles. The minimum atomic E-state index is 0.445. The Labute approximate surface area is 96.1 Å². The zero-order valence-corrected chi connectivity index (χ0v) is 10.5. The molecule has 0 N–H and O–H groups in total. The van der Waals surface area contributed by atoms with E-state index in [9.17, 15) is 0 Å². The first-order valence-electron chi connectivity index (χ1n) is 5.57. The van der Waals surface area contributed by atoms with Crippen LogP contribution < -0.4 is 4.74 Å². The monoisotopic (exact) mass is 218 g/mol. The predicted molar refractivity (Wildman–Crippen MR) is 65.3 cm³/mol. The van der Waals surface area contributed by atoms with Crippen LogP contribution >= 0.6 is 0 Å². The molecule has 0 atom stereocenters. The van der Waals surface area contributed by atoms with E-state index in [1.807, 2.05) is 13.1 Å². The lowest BCUT2D eigenvalue weighted by Crippen LogP contribution is -2.01. The van der Waals surface area contributed by atoms with Crippen LogP contribution in [0.5, 0.6) is 5.75 Å². The Morgan fingerprint density at radius 3 is 2.50 bits per heavy atom. The van der Waals surface area contributed by atoms with E-state index < -0.39 is 0 Å². The average molecular weight is 218 g/mol. The number of hydrogen-bond donors (Lipinski definition) is 0. The number of hydrogen-bond acceptors (Lipinski definition) is 2. The standard InChI is InChI=1S/C13H18N2O/c1-8(2)11-7-15-6-9(3)14-13(15)10(4)12(11)16-5/h6-8H,1-5H3. The number of fused-ring (bicyclic) bond motifs is 1. The topological polar surface area (TPSA) is 26.5 Å². The van der Waals surface area contributed by atoms with Crippen LogP contribution in [0.4, 0.5) is 0 Å². The Morgan fingerprint density at radius 1 is 1.25 bits per heavy atom. The molecule has 3 nitrogen and oxygen atoms in total. The summed E-state index contributed by atoms with van der Waals surface area (Å²) < 4.78 is 7.59. The van der Waals surface area contributed by atoms with Crippen molar-refractivity contribution in [1.29, 1.82) is 0 Å². The summed E-state index contributed by atoms with van der Waals surface area (Å²) in [6, 6.07) is 0. The van der Waals surface area contributed by atoms with Crippen molar-refractivity contribution in [1.82, 2.24) is 9.38 Å². The minimum Gasteiger partial charge on any atom is -0.496 e. The van der Waals surface area contributed by atoms with Crippen molar-refractivity contribution in [2.45, 2.75) is 33.6 Å². The molecule has 0 unspecified atom stereocenters. The Bertz CT molecular complexity index is 526. The SMILES string of the molecule is COc1c(C(C)C)cn2cc(C)nc2c1C. The molecular formula is C13H18N2O. The predicted octanol–water partition coefficient (Wildman–Crippen LogP) is 3.08. The molecule has 0 bridgehead atoms. The molecule has 3 heteroatoms. The Hall–Kier alpha value is -1.51. The number of aryl methyl sites for hydroxylation is 2. The second kappa shape index (κ2) is 3.81. The van der Waals surface area contributed by atoms with Crippen molar-refractivity contribution >= 4 is 5.65 Å². The molecule has 0 saturated heterocycles. The van der Waals surface area contributed by atoms with Crippen LogP contribution in [0.3, 0.4) is 0 Å². The summed E-state index contributed by atoms with van der Waals surface area (Å²) in [5.41, 5.74) is 4.36. The quantitative estimate of drug-likeness (QED) is 0.774. The first kappa shape index (κ1) is 11.0. The van der Waals surface area contributed by atoms with Gasteiger partial charge >= 0.3 is 0 Å². The molecule has 0 aliphatic rings. The molecule has 0 aliphatic heterocycles. The van der Waals surface area contributed by atoms with E-state index in [4.69, 9.17) is 4.74 Å². The molecule has 0 amide bonds. The van der Waals surface area contributed by atoms with Gasteiger partial charge in [0.1, 0.15) is 11.4 Å². The third-order valence-corrected chi connectivity index (χ3v) is 2.90. The van der Waals surface area contributed by atoms with Gasteiger partial charge in [-0.15, -0.1) is 0 Å². The van der Waals surface area contributed by atoms with Crippen LogP contribution in [-0.4, -0.2) is 16.5 Å². The Balaban J connectivity index is 2.80. The Morgan fingerprint density at radius 2 is 1.94 bits per heavy atom. The molecule has 0 spiro atoms. The molecule has 0 radical (unpaired) electrons. The highest BCUT2D eigenvalue weighted by atomic mass is 16.5. The van der Waals surface area contributed by atoms with Crippen molar-refractivity contribution in [3.63, 3.8) is 0 Å². The normalized spacial score (nSPS) is 11.4. The van der Waals surface area contributed by atoms with E-state index in [1.165, 1.54) is 5.56 Å². The van der Waals surface area contributed by atoms with E-state index >= 15 is 0 Å².